The first-order valence-electron chi connectivity index (χ1n) is 4.32. The number of rotatable bonds is 3. The first kappa shape index (κ1) is 13.0. The minimum Gasteiger partial charge on any atom is -0.465 e. The van der Waals surface area contributed by atoms with Crippen molar-refractivity contribution in [3.05, 3.63) is 28.2 Å². The molecule has 0 radical (unpaired) electrons. The van der Waals surface area contributed by atoms with Crippen LogP contribution in [0.25, 0.3) is 0 Å². The number of esters is 1. The third-order valence-electron chi connectivity index (χ3n) is 1.78. The molecule has 86 valence electrons. The molecule has 0 fully saturated rings. The number of carbonyl (C=O) groups excluding carboxylic acids is 2. The third kappa shape index (κ3) is 3.21. The zero-order chi connectivity index (χ0) is 12.1. The van der Waals surface area contributed by atoms with Crippen molar-refractivity contribution in [2.24, 2.45) is 0 Å². The second-order valence-electron chi connectivity index (χ2n) is 2.86. The van der Waals surface area contributed by atoms with Crippen LogP contribution >= 0.6 is 27.5 Å². The summed E-state index contributed by atoms with van der Waals surface area (Å²) >= 11 is 8.59. The van der Waals surface area contributed by atoms with Gasteiger partial charge in [0.05, 0.1) is 18.4 Å². The molecule has 0 saturated heterocycles. The Kier molecular flexibility index (Phi) is 4.76. The van der Waals surface area contributed by atoms with Crippen molar-refractivity contribution in [3.63, 3.8) is 0 Å². The maximum Gasteiger partial charge on any atom is 0.340 e. The summed E-state index contributed by atoms with van der Waals surface area (Å²) in [5, 5.41) is 2.51. The van der Waals surface area contributed by atoms with Crippen LogP contribution in [0.5, 0.6) is 0 Å². The minimum atomic E-state index is -0.522. The molecule has 0 saturated carbocycles. The van der Waals surface area contributed by atoms with E-state index in [9.17, 15) is 9.59 Å². The fourth-order valence-electron chi connectivity index (χ4n) is 1.09. The quantitative estimate of drug-likeness (QED) is 0.689. The summed E-state index contributed by atoms with van der Waals surface area (Å²) in [6, 6.07) is 4.87. The van der Waals surface area contributed by atoms with E-state index in [4.69, 9.17) is 11.6 Å². The number of halogens is 2. The van der Waals surface area contributed by atoms with Crippen LogP contribution in [0.3, 0.4) is 0 Å². The van der Waals surface area contributed by atoms with E-state index in [0.717, 1.165) is 4.47 Å². The third-order valence-corrected chi connectivity index (χ3v) is 2.52. The molecule has 0 aliphatic rings. The summed E-state index contributed by atoms with van der Waals surface area (Å²) in [5.74, 6) is -1.07. The van der Waals surface area contributed by atoms with Gasteiger partial charge >= 0.3 is 5.97 Å². The summed E-state index contributed by atoms with van der Waals surface area (Å²) < 4.78 is 5.32. The summed E-state index contributed by atoms with van der Waals surface area (Å²) in [4.78, 5) is 22.6. The molecule has 0 aromatic heterocycles. The molecule has 6 heteroatoms. The van der Waals surface area contributed by atoms with E-state index in [-0.39, 0.29) is 17.4 Å². The number of carbonyl (C=O) groups is 2. The molecule has 0 spiro atoms. The van der Waals surface area contributed by atoms with Crippen molar-refractivity contribution in [3.8, 4) is 0 Å². The van der Waals surface area contributed by atoms with Crippen molar-refractivity contribution in [2.45, 2.75) is 0 Å². The Balaban J connectivity index is 3.07. The molecule has 1 N–H and O–H groups in total. The predicted octanol–water partition coefficient (Wildman–Crippen LogP) is 2.41. The van der Waals surface area contributed by atoms with Gasteiger partial charge in [-0.1, -0.05) is 15.9 Å². The van der Waals surface area contributed by atoms with Gasteiger partial charge in [-0.2, -0.15) is 0 Å². The van der Waals surface area contributed by atoms with Gasteiger partial charge in [0.2, 0.25) is 5.91 Å². The van der Waals surface area contributed by atoms with Crippen LogP contribution in [0.4, 0.5) is 5.69 Å². The van der Waals surface area contributed by atoms with Crippen molar-refractivity contribution in [2.75, 3.05) is 18.3 Å². The fourth-order valence-corrected chi connectivity index (χ4v) is 1.52. The molecule has 1 aromatic carbocycles. The van der Waals surface area contributed by atoms with E-state index >= 15 is 0 Å². The summed E-state index contributed by atoms with van der Waals surface area (Å²) in [7, 11) is 1.27. The molecular formula is C10H9BrClNO3. The Hall–Kier alpha value is -1.07. The molecule has 0 aliphatic heterocycles. The average molecular weight is 307 g/mol. The minimum absolute atomic E-state index is 0.170. The predicted molar refractivity (Wildman–Crippen MR) is 64.8 cm³/mol. The molecule has 0 unspecified atom stereocenters. The monoisotopic (exact) mass is 305 g/mol. The molecule has 1 rings (SSSR count). The number of methoxy groups -OCH3 is 1. The number of alkyl halides is 1. The van der Waals surface area contributed by atoms with Crippen LogP contribution in [0, 0.1) is 0 Å². The molecule has 1 amide bonds. The normalized spacial score (nSPS) is 9.69. The summed E-state index contributed by atoms with van der Waals surface area (Å²) in [6.07, 6.45) is 0. The van der Waals surface area contributed by atoms with Crippen molar-refractivity contribution < 1.29 is 14.3 Å². The lowest BCUT2D eigenvalue weighted by Gasteiger charge is -2.08. The number of hydrogen-bond donors (Lipinski definition) is 1. The molecule has 1 aromatic rings. The summed E-state index contributed by atoms with van der Waals surface area (Å²) in [5.41, 5.74) is 0.649. The Morgan fingerprint density at radius 3 is 2.75 bits per heavy atom. The highest BCUT2D eigenvalue weighted by Crippen LogP contribution is 2.21. The van der Waals surface area contributed by atoms with Gasteiger partial charge in [0.15, 0.2) is 0 Å². The molecule has 0 aliphatic carbocycles. The first-order valence-corrected chi connectivity index (χ1v) is 5.65. The second-order valence-corrected chi connectivity index (χ2v) is 4.05. The standard InChI is InChI=1S/C10H9BrClNO3/c1-16-10(15)7-4-6(11)2-3-8(7)13-9(14)5-12/h2-4H,5H2,1H3,(H,13,14). The lowest BCUT2D eigenvalue weighted by Crippen LogP contribution is -2.16. The number of nitrogens with one attached hydrogen (secondary N) is 1. The number of anilines is 1. The molecule has 0 atom stereocenters. The molecular weight excluding hydrogens is 297 g/mol. The lowest BCUT2D eigenvalue weighted by molar-refractivity contribution is -0.113. The smallest absolute Gasteiger partial charge is 0.340 e. The number of ether oxygens (including phenoxy) is 1. The zero-order valence-electron chi connectivity index (χ0n) is 8.42. The number of hydrogen-bond acceptors (Lipinski definition) is 3. The second kappa shape index (κ2) is 5.86. The Labute approximate surface area is 106 Å². The highest BCUT2D eigenvalue weighted by molar-refractivity contribution is 9.10. The van der Waals surface area contributed by atoms with Crippen LogP contribution in [-0.4, -0.2) is 24.9 Å². The van der Waals surface area contributed by atoms with Gasteiger partial charge in [-0.3, -0.25) is 4.79 Å². The number of amides is 1. The van der Waals surface area contributed by atoms with Gasteiger partial charge < -0.3 is 10.1 Å². The van der Waals surface area contributed by atoms with E-state index in [2.05, 4.69) is 26.0 Å². The van der Waals surface area contributed by atoms with E-state index in [1.165, 1.54) is 7.11 Å². The maximum atomic E-state index is 11.4. The van der Waals surface area contributed by atoms with Gasteiger partial charge in [0.1, 0.15) is 5.88 Å². The van der Waals surface area contributed by atoms with Crippen LogP contribution < -0.4 is 5.32 Å². The van der Waals surface area contributed by atoms with E-state index in [0.29, 0.717) is 5.69 Å². The topological polar surface area (TPSA) is 55.4 Å². The van der Waals surface area contributed by atoms with Crippen LogP contribution in [0.2, 0.25) is 0 Å². The SMILES string of the molecule is COC(=O)c1cc(Br)ccc1NC(=O)CCl. The molecule has 0 bridgehead atoms. The average Bonchev–Trinajstić information content (AvgIpc) is 2.30. The van der Waals surface area contributed by atoms with Crippen LogP contribution in [-0.2, 0) is 9.53 Å². The maximum absolute atomic E-state index is 11.4. The van der Waals surface area contributed by atoms with E-state index in [1.807, 2.05) is 0 Å². The Bertz CT molecular complexity index is 423. The number of benzene rings is 1. The van der Waals surface area contributed by atoms with Gasteiger partial charge in [-0.25, -0.2) is 4.79 Å². The van der Waals surface area contributed by atoms with Gasteiger partial charge in [0, 0.05) is 4.47 Å². The van der Waals surface area contributed by atoms with Gasteiger partial charge in [-0.15, -0.1) is 11.6 Å². The van der Waals surface area contributed by atoms with Crippen LogP contribution in [0.15, 0.2) is 22.7 Å². The Morgan fingerprint density at radius 1 is 1.50 bits per heavy atom. The lowest BCUT2D eigenvalue weighted by atomic mass is 10.2. The van der Waals surface area contributed by atoms with Crippen LogP contribution in [0.1, 0.15) is 10.4 Å². The molecule has 4 nitrogen and oxygen atoms in total. The highest BCUT2D eigenvalue weighted by atomic mass is 79.9. The largest absolute Gasteiger partial charge is 0.465 e. The van der Waals surface area contributed by atoms with Gasteiger partial charge in [-0.05, 0) is 18.2 Å². The summed E-state index contributed by atoms with van der Waals surface area (Å²) in [6.45, 7) is 0. The molecule has 0 heterocycles. The fraction of sp³-hybridized carbons (Fsp3) is 0.200. The van der Waals surface area contributed by atoms with Crippen molar-refractivity contribution >= 4 is 45.1 Å². The van der Waals surface area contributed by atoms with Crippen molar-refractivity contribution in [1.29, 1.82) is 0 Å². The zero-order valence-corrected chi connectivity index (χ0v) is 10.8. The van der Waals surface area contributed by atoms with Gasteiger partial charge in [0.25, 0.3) is 0 Å². The van der Waals surface area contributed by atoms with Crippen molar-refractivity contribution in [1.82, 2.24) is 0 Å². The van der Waals surface area contributed by atoms with E-state index in [1.54, 1.807) is 18.2 Å². The van der Waals surface area contributed by atoms with E-state index < -0.39 is 5.97 Å². The highest BCUT2D eigenvalue weighted by Gasteiger charge is 2.13. The first-order chi connectivity index (χ1) is 7.58. The Morgan fingerprint density at radius 2 is 2.19 bits per heavy atom. The molecule has 16 heavy (non-hydrogen) atoms.